The van der Waals surface area contributed by atoms with Gasteiger partial charge >= 0.3 is 5.69 Å². The normalized spacial score (nSPS) is 10.5. The summed E-state index contributed by atoms with van der Waals surface area (Å²) in [6.07, 6.45) is 1.82. The van der Waals surface area contributed by atoms with Crippen LogP contribution in [-0.4, -0.2) is 9.55 Å². The first-order valence-corrected chi connectivity index (χ1v) is 6.92. The summed E-state index contributed by atoms with van der Waals surface area (Å²) in [7, 11) is 0. The van der Waals surface area contributed by atoms with Crippen LogP contribution in [0.1, 0.15) is 11.1 Å². The summed E-state index contributed by atoms with van der Waals surface area (Å²) >= 11 is 0. The monoisotopic (exact) mass is 279 g/mol. The van der Waals surface area contributed by atoms with Gasteiger partial charge in [0.2, 0.25) is 0 Å². The van der Waals surface area contributed by atoms with Gasteiger partial charge in [-0.05, 0) is 11.1 Å². The molecule has 3 aromatic rings. The molecule has 0 saturated heterocycles. The zero-order valence-electron chi connectivity index (χ0n) is 11.6. The Kier molecular flexibility index (Phi) is 3.87. The third kappa shape index (κ3) is 3.42. The first-order chi connectivity index (χ1) is 10.3. The number of anilines is 1. The zero-order chi connectivity index (χ0) is 14.5. The third-order valence-corrected chi connectivity index (χ3v) is 3.31. The van der Waals surface area contributed by atoms with Gasteiger partial charge in [-0.15, -0.1) is 0 Å². The van der Waals surface area contributed by atoms with Crippen molar-refractivity contribution in [2.45, 2.75) is 13.1 Å². The SMILES string of the molecule is O=c1[nH]c(NCc2ccccc2)cn1Cc1ccccc1. The molecule has 0 spiro atoms. The van der Waals surface area contributed by atoms with E-state index in [9.17, 15) is 4.79 Å². The highest BCUT2D eigenvalue weighted by Gasteiger charge is 2.03. The molecule has 0 atom stereocenters. The molecule has 0 radical (unpaired) electrons. The first-order valence-electron chi connectivity index (χ1n) is 6.92. The fourth-order valence-corrected chi connectivity index (χ4v) is 2.21. The molecule has 0 fully saturated rings. The van der Waals surface area contributed by atoms with Crippen LogP contribution in [0, 0.1) is 0 Å². The Morgan fingerprint density at radius 2 is 1.52 bits per heavy atom. The fourth-order valence-electron chi connectivity index (χ4n) is 2.21. The second-order valence-electron chi connectivity index (χ2n) is 4.93. The minimum Gasteiger partial charge on any atom is -0.366 e. The summed E-state index contributed by atoms with van der Waals surface area (Å²) in [5, 5.41) is 3.23. The van der Waals surface area contributed by atoms with Crippen LogP contribution in [0.5, 0.6) is 0 Å². The summed E-state index contributed by atoms with van der Waals surface area (Å²) in [6, 6.07) is 20.0. The van der Waals surface area contributed by atoms with E-state index < -0.39 is 0 Å². The van der Waals surface area contributed by atoms with Crippen LogP contribution in [0.4, 0.5) is 5.82 Å². The number of benzene rings is 2. The Morgan fingerprint density at radius 3 is 2.19 bits per heavy atom. The van der Waals surface area contributed by atoms with Crippen LogP contribution in [0.25, 0.3) is 0 Å². The molecule has 0 aliphatic heterocycles. The van der Waals surface area contributed by atoms with Crippen molar-refractivity contribution in [3.63, 3.8) is 0 Å². The van der Waals surface area contributed by atoms with Crippen molar-refractivity contribution in [3.8, 4) is 0 Å². The molecule has 1 heterocycles. The molecule has 0 aliphatic carbocycles. The maximum Gasteiger partial charge on any atom is 0.327 e. The van der Waals surface area contributed by atoms with Gasteiger partial charge in [-0.2, -0.15) is 0 Å². The van der Waals surface area contributed by atoms with Crippen LogP contribution in [0.2, 0.25) is 0 Å². The number of nitrogens with zero attached hydrogens (tertiary/aromatic N) is 1. The van der Waals surface area contributed by atoms with Gasteiger partial charge in [0, 0.05) is 12.7 Å². The molecule has 0 aliphatic rings. The molecule has 3 rings (SSSR count). The van der Waals surface area contributed by atoms with E-state index in [0.717, 1.165) is 11.4 Å². The van der Waals surface area contributed by atoms with Crippen molar-refractivity contribution >= 4 is 5.82 Å². The molecular formula is C17H17N3O. The van der Waals surface area contributed by atoms with Gasteiger partial charge in [0.15, 0.2) is 0 Å². The largest absolute Gasteiger partial charge is 0.366 e. The Hall–Kier alpha value is -2.75. The summed E-state index contributed by atoms with van der Waals surface area (Å²) in [5.74, 6) is 0.736. The van der Waals surface area contributed by atoms with Gasteiger partial charge in [0.05, 0.1) is 6.54 Å². The van der Waals surface area contributed by atoms with Gasteiger partial charge in [-0.25, -0.2) is 4.79 Å². The topological polar surface area (TPSA) is 49.8 Å². The van der Waals surface area contributed by atoms with Gasteiger partial charge < -0.3 is 5.32 Å². The third-order valence-electron chi connectivity index (χ3n) is 3.31. The quantitative estimate of drug-likeness (QED) is 0.754. The second-order valence-corrected chi connectivity index (χ2v) is 4.93. The Labute approximate surface area is 123 Å². The average Bonchev–Trinajstić information content (AvgIpc) is 2.87. The lowest BCUT2D eigenvalue weighted by Gasteiger charge is -2.03. The van der Waals surface area contributed by atoms with E-state index in [-0.39, 0.29) is 5.69 Å². The number of aromatic amines is 1. The van der Waals surface area contributed by atoms with Crippen molar-refractivity contribution in [2.75, 3.05) is 5.32 Å². The standard InChI is InChI=1S/C17H17N3O/c21-17-19-16(18-11-14-7-3-1-4-8-14)13-20(17)12-15-9-5-2-6-10-15/h1-10,13,18H,11-12H2,(H,19,21). The summed E-state index contributed by atoms with van der Waals surface area (Å²) in [4.78, 5) is 14.8. The van der Waals surface area contributed by atoms with Gasteiger partial charge in [0.1, 0.15) is 5.82 Å². The number of aromatic nitrogens is 2. The lowest BCUT2D eigenvalue weighted by molar-refractivity contribution is 0.762. The van der Waals surface area contributed by atoms with Crippen LogP contribution >= 0.6 is 0 Å². The molecule has 0 bridgehead atoms. The molecule has 4 heteroatoms. The zero-order valence-corrected chi connectivity index (χ0v) is 11.6. The van der Waals surface area contributed by atoms with Crippen LogP contribution in [-0.2, 0) is 13.1 Å². The molecule has 4 nitrogen and oxygen atoms in total. The van der Waals surface area contributed by atoms with E-state index in [0.29, 0.717) is 13.1 Å². The van der Waals surface area contributed by atoms with Crippen molar-refractivity contribution in [1.29, 1.82) is 0 Å². The predicted molar refractivity (Wildman–Crippen MR) is 84.4 cm³/mol. The van der Waals surface area contributed by atoms with E-state index in [1.54, 1.807) is 4.57 Å². The minimum absolute atomic E-state index is 0.102. The number of hydrogen-bond acceptors (Lipinski definition) is 2. The lowest BCUT2D eigenvalue weighted by atomic mass is 10.2. The van der Waals surface area contributed by atoms with Crippen LogP contribution in [0.3, 0.4) is 0 Å². The maximum atomic E-state index is 11.9. The van der Waals surface area contributed by atoms with Gasteiger partial charge in [-0.1, -0.05) is 60.7 Å². The summed E-state index contributed by atoms with van der Waals surface area (Å²) < 4.78 is 1.67. The molecule has 0 unspecified atom stereocenters. The Morgan fingerprint density at radius 1 is 0.905 bits per heavy atom. The van der Waals surface area contributed by atoms with Crippen molar-refractivity contribution in [2.24, 2.45) is 0 Å². The number of imidazole rings is 1. The number of hydrogen-bond donors (Lipinski definition) is 2. The molecule has 21 heavy (non-hydrogen) atoms. The molecule has 2 aromatic carbocycles. The van der Waals surface area contributed by atoms with Crippen molar-refractivity contribution in [1.82, 2.24) is 9.55 Å². The molecule has 0 amide bonds. The second kappa shape index (κ2) is 6.13. The molecule has 0 saturated carbocycles. The van der Waals surface area contributed by atoms with Gasteiger partial charge in [-0.3, -0.25) is 9.55 Å². The highest BCUT2D eigenvalue weighted by molar-refractivity contribution is 5.33. The highest BCUT2D eigenvalue weighted by Crippen LogP contribution is 2.06. The number of rotatable bonds is 5. The van der Waals surface area contributed by atoms with Crippen LogP contribution in [0.15, 0.2) is 71.7 Å². The Bertz CT molecular complexity index is 744. The van der Waals surface area contributed by atoms with E-state index in [1.165, 1.54) is 5.56 Å². The molecular weight excluding hydrogens is 262 g/mol. The van der Waals surface area contributed by atoms with Crippen molar-refractivity contribution < 1.29 is 0 Å². The Balaban J connectivity index is 1.68. The van der Waals surface area contributed by atoms with E-state index in [1.807, 2.05) is 66.9 Å². The smallest absolute Gasteiger partial charge is 0.327 e. The molecule has 2 N–H and O–H groups in total. The summed E-state index contributed by atoms with van der Waals surface area (Å²) in [6.45, 7) is 1.26. The first kappa shape index (κ1) is 13.2. The average molecular weight is 279 g/mol. The lowest BCUT2D eigenvalue weighted by Crippen LogP contribution is -2.16. The van der Waals surface area contributed by atoms with E-state index >= 15 is 0 Å². The minimum atomic E-state index is -0.102. The summed E-state index contributed by atoms with van der Waals surface area (Å²) in [5.41, 5.74) is 2.18. The van der Waals surface area contributed by atoms with Crippen LogP contribution < -0.4 is 11.0 Å². The molecule has 1 aromatic heterocycles. The van der Waals surface area contributed by atoms with E-state index in [2.05, 4.69) is 10.3 Å². The highest BCUT2D eigenvalue weighted by atomic mass is 16.1. The number of H-pyrrole nitrogens is 1. The van der Waals surface area contributed by atoms with Gasteiger partial charge in [0.25, 0.3) is 0 Å². The number of nitrogens with one attached hydrogen (secondary N) is 2. The maximum absolute atomic E-state index is 11.9. The fraction of sp³-hybridized carbons (Fsp3) is 0.118. The van der Waals surface area contributed by atoms with E-state index in [4.69, 9.17) is 0 Å². The predicted octanol–water partition coefficient (Wildman–Crippen LogP) is 2.84. The van der Waals surface area contributed by atoms with Crippen molar-refractivity contribution in [3.05, 3.63) is 88.5 Å². The molecule has 106 valence electrons.